The summed E-state index contributed by atoms with van der Waals surface area (Å²) in [5.41, 5.74) is 1.25. The first kappa shape index (κ1) is 24.3. The zero-order valence-electron chi connectivity index (χ0n) is 17.2. The second-order valence-electron chi connectivity index (χ2n) is 6.83. The molecule has 2 aromatic rings. The van der Waals surface area contributed by atoms with Crippen LogP contribution in [0.4, 0.5) is 5.69 Å². The normalized spacial score (nSPS) is 12.3. The molecule has 6 nitrogen and oxygen atoms in total. The van der Waals surface area contributed by atoms with Crippen molar-refractivity contribution in [1.29, 1.82) is 0 Å². The Kier molecular flexibility index (Phi) is 8.82. The van der Waals surface area contributed by atoms with Gasteiger partial charge in [-0.25, -0.2) is 8.42 Å². The molecule has 1 N–H and O–H groups in total. The minimum Gasteiger partial charge on any atom is -0.494 e. The van der Waals surface area contributed by atoms with Crippen molar-refractivity contribution >= 4 is 44.8 Å². The van der Waals surface area contributed by atoms with Crippen molar-refractivity contribution in [2.24, 2.45) is 0 Å². The smallest absolute Gasteiger partial charge is 0.232 e. The van der Waals surface area contributed by atoms with Crippen LogP contribution in [0.2, 0.25) is 10.0 Å². The molecule has 0 aliphatic heterocycles. The standard InChI is InChI=1S/C21H26Cl2N2O4S/c1-4-29-18-10-7-16(8-11-18)15(2)24-21(26)6-5-13-25(30(3,27)28)20-14-17(22)9-12-19(20)23/h7-12,14-15H,4-6,13H2,1-3H3,(H,24,26). The van der Waals surface area contributed by atoms with Crippen LogP contribution in [0.15, 0.2) is 42.5 Å². The van der Waals surface area contributed by atoms with Gasteiger partial charge in [-0.05, 0) is 56.2 Å². The van der Waals surface area contributed by atoms with Crippen LogP contribution in [0.1, 0.15) is 38.3 Å². The van der Waals surface area contributed by atoms with Crippen LogP contribution in [-0.2, 0) is 14.8 Å². The molecule has 0 radical (unpaired) electrons. The Morgan fingerprint density at radius 3 is 2.43 bits per heavy atom. The summed E-state index contributed by atoms with van der Waals surface area (Å²) in [5.74, 6) is 0.613. The lowest BCUT2D eigenvalue weighted by Crippen LogP contribution is -2.32. The molecule has 164 valence electrons. The van der Waals surface area contributed by atoms with Crippen LogP contribution >= 0.6 is 23.2 Å². The molecule has 0 saturated carbocycles. The van der Waals surface area contributed by atoms with Crippen LogP contribution in [-0.4, -0.2) is 33.7 Å². The maximum absolute atomic E-state index is 12.3. The minimum atomic E-state index is -3.58. The van der Waals surface area contributed by atoms with Crippen LogP contribution in [0.5, 0.6) is 5.75 Å². The molecule has 0 fully saturated rings. The van der Waals surface area contributed by atoms with Crippen molar-refractivity contribution in [3.05, 3.63) is 58.1 Å². The van der Waals surface area contributed by atoms with Gasteiger partial charge in [-0.1, -0.05) is 35.3 Å². The Morgan fingerprint density at radius 2 is 1.83 bits per heavy atom. The third-order valence-electron chi connectivity index (χ3n) is 4.41. The number of nitrogens with zero attached hydrogens (tertiary/aromatic N) is 1. The van der Waals surface area contributed by atoms with Gasteiger partial charge >= 0.3 is 0 Å². The number of hydrogen-bond donors (Lipinski definition) is 1. The first-order chi connectivity index (χ1) is 14.1. The molecule has 0 saturated heterocycles. The highest BCUT2D eigenvalue weighted by Gasteiger charge is 2.21. The predicted molar refractivity (Wildman–Crippen MR) is 122 cm³/mol. The summed E-state index contributed by atoms with van der Waals surface area (Å²) in [6.07, 6.45) is 1.60. The van der Waals surface area contributed by atoms with Gasteiger partial charge in [0.25, 0.3) is 0 Å². The summed E-state index contributed by atoms with van der Waals surface area (Å²) < 4.78 is 31.0. The number of anilines is 1. The predicted octanol–water partition coefficient (Wildman–Crippen LogP) is 4.82. The molecule has 2 aromatic carbocycles. The number of carbonyl (C=O) groups is 1. The number of halogens is 2. The fraction of sp³-hybridized carbons (Fsp3) is 0.381. The van der Waals surface area contributed by atoms with Crippen LogP contribution in [0.25, 0.3) is 0 Å². The number of sulfonamides is 1. The minimum absolute atomic E-state index is 0.115. The van der Waals surface area contributed by atoms with E-state index < -0.39 is 10.0 Å². The summed E-state index contributed by atoms with van der Waals surface area (Å²) in [5, 5.41) is 3.58. The van der Waals surface area contributed by atoms with Gasteiger partial charge in [0.1, 0.15) is 5.75 Å². The first-order valence-electron chi connectivity index (χ1n) is 9.56. The fourth-order valence-corrected chi connectivity index (χ4v) is 4.35. The Bertz CT molecular complexity index is 965. The first-order valence-corrected chi connectivity index (χ1v) is 12.2. The van der Waals surface area contributed by atoms with Gasteiger partial charge in [0.05, 0.1) is 29.6 Å². The summed E-state index contributed by atoms with van der Waals surface area (Å²) >= 11 is 12.1. The molecule has 2 rings (SSSR count). The van der Waals surface area contributed by atoms with Gasteiger partial charge in [-0.15, -0.1) is 0 Å². The molecule has 9 heteroatoms. The van der Waals surface area contributed by atoms with E-state index in [-0.39, 0.29) is 29.9 Å². The second kappa shape index (κ2) is 10.9. The maximum atomic E-state index is 12.3. The molecular weight excluding hydrogens is 447 g/mol. The molecule has 1 unspecified atom stereocenters. The third-order valence-corrected chi connectivity index (χ3v) is 6.15. The summed E-state index contributed by atoms with van der Waals surface area (Å²) in [6, 6.07) is 12.0. The number of amides is 1. The molecule has 0 aromatic heterocycles. The lowest BCUT2D eigenvalue weighted by atomic mass is 10.1. The van der Waals surface area contributed by atoms with E-state index >= 15 is 0 Å². The fourth-order valence-electron chi connectivity index (χ4n) is 2.94. The quantitative estimate of drug-likeness (QED) is 0.537. The average molecular weight is 473 g/mol. The molecule has 0 bridgehead atoms. The molecular formula is C21H26Cl2N2O4S. The van der Waals surface area contributed by atoms with Crippen molar-refractivity contribution < 1.29 is 17.9 Å². The number of rotatable bonds is 10. The highest BCUT2D eigenvalue weighted by atomic mass is 35.5. The van der Waals surface area contributed by atoms with Gasteiger partial charge in [-0.2, -0.15) is 0 Å². The zero-order chi connectivity index (χ0) is 22.3. The molecule has 30 heavy (non-hydrogen) atoms. The van der Waals surface area contributed by atoms with Crippen LogP contribution < -0.4 is 14.4 Å². The SMILES string of the molecule is CCOc1ccc(C(C)NC(=O)CCCN(c2cc(Cl)ccc2Cl)S(C)(=O)=O)cc1. The largest absolute Gasteiger partial charge is 0.494 e. The van der Waals surface area contributed by atoms with E-state index in [1.165, 1.54) is 10.4 Å². The Morgan fingerprint density at radius 1 is 1.17 bits per heavy atom. The summed E-state index contributed by atoms with van der Waals surface area (Å²) in [6.45, 7) is 4.52. The van der Waals surface area contributed by atoms with E-state index in [1.54, 1.807) is 12.1 Å². The molecule has 0 aliphatic carbocycles. The monoisotopic (exact) mass is 472 g/mol. The second-order valence-corrected chi connectivity index (χ2v) is 9.58. The highest BCUT2D eigenvalue weighted by Crippen LogP contribution is 2.31. The van der Waals surface area contributed by atoms with Gasteiger partial charge in [0.15, 0.2) is 0 Å². The topological polar surface area (TPSA) is 75.7 Å². The van der Waals surface area contributed by atoms with E-state index in [0.717, 1.165) is 17.6 Å². The molecule has 0 aliphatic rings. The summed E-state index contributed by atoms with van der Waals surface area (Å²) in [4.78, 5) is 12.3. The van der Waals surface area contributed by atoms with E-state index in [0.29, 0.717) is 23.7 Å². The van der Waals surface area contributed by atoms with E-state index in [9.17, 15) is 13.2 Å². The van der Waals surface area contributed by atoms with Crippen molar-refractivity contribution in [3.8, 4) is 5.75 Å². The van der Waals surface area contributed by atoms with Gasteiger partial charge in [0.2, 0.25) is 15.9 Å². The van der Waals surface area contributed by atoms with E-state index in [2.05, 4.69) is 5.32 Å². The summed E-state index contributed by atoms with van der Waals surface area (Å²) in [7, 11) is -3.58. The van der Waals surface area contributed by atoms with Crippen LogP contribution in [0.3, 0.4) is 0 Å². The lowest BCUT2D eigenvalue weighted by molar-refractivity contribution is -0.121. The van der Waals surface area contributed by atoms with Gasteiger partial charge in [-0.3, -0.25) is 9.10 Å². The van der Waals surface area contributed by atoms with Gasteiger partial charge < -0.3 is 10.1 Å². The molecule has 1 amide bonds. The average Bonchev–Trinajstić information content (AvgIpc) is 2.67. The Labute approximate surface area is 188 Å². The number of carbonyl (C=O) groups excluding carboxylic acids is 1. The van der Waals surface area contributed by atoms with Crippen molar-refractivity contribution in [3.63, 3.8) is 0 Å². The molecule has 1 atom stereocenters. The van der Waals surface area contributed by atoms with E-state index in [4.69, 9.17) is 27.9 Å². The van der Waals surface area contributed by atoms with Crippen molar-refractivity contribution in [2.45, 2.75) is 32.7 Å². The van der Waals surface area contributed by atoms with Gasteiger partial charge in [0, 0.05) is 18.0 Å². The number of ether oxygens (including phenoxy) is 1. The lowest BCUT2D eigenvalue weighted by Gasteiger charge is -2.23. The highest BCUT2D eigenvalue weighted by molar-refractivity contribution is 7.92. The molecule has 0 spiro atoms. The van der Waals surface area contributed by atoms with Crippen LogP contribution in [0, 0.1) is 0 Å². The third kappa shape index (κ3) is 7.07. The molecule has 0 heterocycles. The Hall–Kier alpha value is -1.96. The number of hydrogen-bond acceptors (Lipinski definition) is 4. The Balaban J connectivity index is 1.94. The maximum Gasteiger partial charge on any atom is 0.232 e. The zero-order valence-corrected chi connectivity index (χ0v) is 19.5. The van der Waals surface area contributed by atoms with Crippen molar-refractivity contribution in [1.82, 2.24) is 5.32 Å². The van der Waals surface area contributed by atoms with E-state index in [1.807, 2.05) is 38.1 Å². The number of benzene rings is 2. The number of nitrogens with one attached hydrogen (secondary N) is 1. The van der Waals surface area contributed by atoms with Crippen molar-refractivity contribution in [2.75, 3.05) is 23.7 Å².